The van der Waals surface area contributed by atoms with Crippen molar-refractivity contribution in [3.8, 4) is 0 Å². The first-order chi connectivity index (χ1) is 29.6. The Hall–Kier alpha value is -2.35. The molecule has 9 fully saturated rings. The highest BCUT2D eigenvalue weighted by atomic mass is 16.8. The van der Waals surface area contributed by atoms with E-state index in [4.69, 9.17) is 47.4 Å². The predicted molar refractivity (Wildman–Crippen MR) is 190 cm³/mol. The summed E-state index contributed by atoms with van der Waals surface area (Å²) in [6.45, 7) is 3.76. The first-order valence-electron chi connectivity index (χ1n) is 20.8. The maximum absolute atomic E-state index is 15.3. The highest BCUT2D eigenvalue weighted by Crippen LogP contribution is 2.86. The lowest BCUT2D eigenvalue weighted by molar-refractivity contribution is -0.357. The minimum atomic E-state index is -2.82. The molecule has 0 unspecified atom stereocenters. The molecule has 9 aliphatic rings. The molecule has 63 heavy (non-hydrogen) atoms. The van der Waals surface area contributed by atoms with Gasteiger partial charge in [-0.3, -0.25) is 4.79 Å². The number of hydrogen-bond acceptors (Lipinski definition) is 25. The minimum Gasteiger partial charge on any atom is -0.459 e. The Labute approximate surface area is 356 Å². The lowest BCUT2D eigenvalue weighted by Gasteiger charge is -2.51. The summed E-state index contributed by atoms with van der Waals surface area (Å²) in [7, 11) is 0. The molecule has 25 heteroatoms. The van der Waals surface area contributed by atoms with E-state index < -0.39 is 200 Å². The van der Waals surface area contributed by atoms with E-state index in [0.29, 0.717) is 0 Å². The molecule has 0 aromatic carbocycles. The maximum Gasteiger partial charge on any atom is 0.343 e. The molecular formula is C38H54O25. The van der Waals surface area contributed by atoms with Gasteiger partial charge in [0.05, 0.1) is 36.6 Å². The Morgan fingerprint density at radius 2 is 1.13 bits per heavy atom. The van der Waals surface area contributed by atoms with Crippen LogP contribution in [0.4, 0.5) is 0 Å². The van der Waals surface area contributed by atoms with Crippen molar-refractivity contribution in [2.24, 2.45) is 28.1 Å². The third-order valence-corrected chi connectivity index (χ3v) is 15.3. The number of rotatable bonds is 9. The van der Waals surface area contributed by atoms with E-state index >= 15 is 4.79 Å². The SMILES string of the molecule is C[C@@H]1C(=O)O[C@H]2[C@H](O[C@@H]3O[C@H](CO)[C@@H](O)[C@H](O)[C@H]3O)[C@@]34[C@H]5C[C@@H](C(C)(C)C)[C@]36[C@@H](OC(=O)[C@@H]6O[C@@H]3O[C@H](CO)[C@@H](O)[C@H](O)[C@H]3O)O[C@@]4(C(=O)O5)[C@@]12O[C@@H]1O[C@H](CO)[C@@H](O)[C@H](O)[C@H]1O. The van der Waals surface area contributed by atoms with E-state index in [0.717, 1.165) is 0 Å². The van der Waals surface area contributed by atoms with E-state index in [1.165, 1.54) is 6.92 Å². The monoisotopic (exact) mass is 910 g/mol. The summed E-state index contributed by atoms with van der Waals surface area (Å²) in [4.78, 5) is 43.9. The van der Waals surface area contributed by atoms with Crippen molar-refractivity contribution < 1.29 is 123 Å². The topological polar surface area (TPSA) is 386 Å². The number of ether oxygens (including phenoxy) is 10. The van der Waals surface area contributed by atoms with E-state index in [1.807, 2.05) is 0 Å². The van der Waals surface area contributed by atoms with Crippen LogP contribution >= 0.6 is 0 Å². The van der Waals surface area contributed by atoms with Gasteiger partial charge in [0, 0.05) is 0 Å². The van der Waals surface area contributed by atoms with Crippen LogP contribution in [0.5, 0.6) is 0 Å². The fourth-order valence-electron chi connectivity index (χ4n) is 12.6. The van der Waals surface area contributed by atoms with E-state index in [-0.39, 0.29) is 6.42 Å². The summed E-state index contributed by atoms with van der Waals surface area (Å²) >= 11 is 0. The van der Waals surface area contributed by atoms with Crippen LogP contribution in [-0.4, -0.2) is 233 Å². The van der Waals surface area contributed by atoms with Gasteiger partial charge in [0.25, 0.3) is 0 Å². The van der Waals surface area contributed by atoms with Gasteiger partial charge in [-0.25, -0.2) is 9.59 Å². The van der Waals surface area contributed by atoms with Crippen LogP contribution in [0.25, 0.3) is 0 Å². The Kier molecular flexibility index (Phi) is 11.0. The second kappa shape index (κ2) is 15.1. The molecule has 0 bridgehead atoms. The summed E-state index contributed by atoms with van der Waals surface area (Å²) in [5.41, 5.74) is -11.0. The third kappa shape index (κ3) is 5.45. The molecular weight excluding hydrogens is 856 g/mol. The molecule has 0 aromatic rings. The summed E-state index contributed by atoms with van der Waals surface area (Å²) in [5, 5.41) is 129. The fraction of sp³-hybridized carbons (Fsp3) is 0.921. The van der Waals surface area contributed by atoms with Gasteiger partial charge in [0.15, 0.2) is 36.7 Å². The zero-order valence-corrected chi connectivity index (χ0v) is 34.2. The highest BCUT2D eigenvalue weighted by molar-refractivity contribution is 5.94. The number of carbonyl (C=O) groups excluding carboxylic acids is 3. The van der Waals surface area contributed by atoms with Gasteiger partial charge >= 0.3 is 17.9 Å². The standard InChI is InChI=1S/C38H54O25/c1-9-27(51)58-25-24(59-29-21(48)18(45)15(42)10(6-39)54-29)36-14-5-13(34(2,3)4)35(36)26(60-30-22(49)19(46)16(43)11(7-40)55-30)28(52)61-33(35)63-38(36,32(53)57-14)37(9,25)62-31-23(50)20(47)17(44)12(8-41)56-31/h9-26,29-31,33,39-50H,5-8H2,1-4H3/t9-,10-,11-,12-,13+,14-,15-,16-,17-,18+,19+,20+,21-,22-,23-,24+,25+,26+,29+,30+,31+,33+,35+,36+,37-,38-/m1/s1. The van der Waals surface area contributed by atoms with Crippen LogP contribution < -0.4 is 0 Å². The van der Waals surface area contributed by atoms with Gasteiger partial charge in [0.2, 0.25) is 11.9 Å². The van der Waals surface area contributed by atoms with Crippen molar-refractivity contribution in [3.63, 3.8) is 0 Å². The molecule has 26 atom stereocenters. The summed E-state index contributed by atoms with van der Waals surface area (Å²) < 4.78 is 62.0. The number of esters is 3. The van der Waals surface area contributed by atoms with Gasteiger partial charge in [0.1, 0.15) is 85.5 Å². The summed E-state index contributed by atoms with van der Waals surface area (Å²) in [6, 6.07) is 0. The van der Waals surface area contributed by atoms with Crippen LogP contribution in [0.3, 0.4) is 0 Å². The van der Waals surface area contributed by atoms with Crippen molar-refractivity contribution in [2.75, 3.05) is 19.8 Å². The van der Waals surface area contributed by atoms with Crippen LogP contribution in [0.1, 0.15) is 34.1 Å². The van der Waals surface area contributed by atoms with Gasteiger partial charge in [-0.1, -0.05) is 20.8 Å². The minimum absolute atomic E-state index is 0.179. The molecule has 2 saturated carbocycles. The second-order valence-corrected chi connectivity index (χ2v) is 19.1. The van der Waals surface area contributed by atoms with Gasteiger partial charge in [-0.15, -0.1) is 0 Å². The normalized spacial score (nSPS) is 57.0. The molecule has 12 N–H and O–H groups in total. The number of aliphatic hydroxyl groups excluding tert-OH is 12. The smallest absolute Gasteiger partial charge is 0.343 e. The van der Waals surface area contributed by atoms with Crippen LogP contribution in [0.2, 0.25) is 0 Å². The number of fused-ring (bicyclic) bond motifs is 1. The molecule has 7 heterocycles. The Morgan fingerprint density at radius 3 is 1.63 bits per heavy atom. The fourth-order valence-corrected chi connectivity index (χ4v) is 12.6. The quantitative estimate of drug-likeness (QED) is 0.0755. The van der Waals surface area contributed by atoms with Gasteiger partial charge in [-0.2, -0.15) is 0 Å². The van der Waals surface area contributed by atoms with Crippen LogP contribution in [-0.2, 0) is 61.8 Å². The molecule has 7 saturated heterocycles. The van der Waals surface area contributed by atoms with E-state index in [1.54, 1.807) is 20.8 Å². The molecule has 25 nitrogen and oxygen atoms in total. The molecule has 9 rings (SSSR count). The number of aliphatic hydroxyl groups is 12. The molecule has 2 spiro atoms. The average Bonchev–Trinajstić information content (AvgIpc) is 3.97. The molecule has 7 aliphatic heterocycles. The van der Waals surface area contributed by atoms with Gasteiger partial charge in [-0.05, 0) is 24.7 Å². The van der Waals surface area contributed by atoms with Crippen LogP contribution in [0.15, 0.2) is 0 Å². The lowest BCUT2D eigenvalue weighted by atomic mass is 9.50. The third-order valence-electron chi connectivity index (χ3n) is 15.3. The first kappa shape index (κ1) is 45.8. The molecule has 356 valence electrons. The van der Waals surface area contributed by atoms with Crippen molar-refractivity contribution in [2.45, 2.75) is 168 Å². The van der Waals surface area contributed by atoms with Crippen molar-refractivity contribution in [1.82, 2.24) is 0 Å². The largest absolute Gasteiger partial charge is 0.459 e. The zero-order chi connectivity index (χ0) is 45.8. The summed E-state index contributed by atoms with van der Waals surface area (Å²) in [6.07, 6.45) is -38.7. The van der Waals surface area contributed by atoms with Gasteiger partial charge < -0.3 is 109 Å². The van der Waals surface area contributed by atoms with Crippen molar-refractivity contribution in [1.29, 1.82) is 0 Å². The lowest BCUT2D eigenvalue weighted by Crippen LogP contribution is -2.71. The number of hydrogen-bond donors (Lipinski definition) is 12. The van der Waals surface area contributed by atoms with Crippen LogP contribution in [0, 0.1) is 28.1 Å². The molecule has 0 radical (unpaired) electrons. The van der Waals surface area contributed by atoms with E-state index in [2.05, 4.69) is 0 Å². The number of carbonyl (C=O) groups is 3. The molecule has 0 aromatic heterocycles. The van der Waals surface area contributed by atoms with Crippen molar-refractivity contribution in [3.05, 3.63) is 0 Å². The highest BCUT2D eigenvalue weighted by Gasteiger charge is 3.05. The Bertz CT molecular complexity index is 1830. The second-order valence-electron chi connectivity index (χ2n) is 19.1. The van der Waals surface area contributed by atoms with Crippen molar-refractivity contribution >= 4 is 17.9 Å². The molecule has 2 aliphatic carbocycles. The maximum atomic E-state index is 15.3. The first-order valence-corrected chi connectivity index (χ1v) is 20.8. The Morgan fingerprint density at radius 1 is 0.635 bits per heavy atom. The zero-order valence-electron chi connectivity index (χ0n) is 34.2. The van der Waals surface area contributed by atoms with E-state index in [9.17, 15) is 70.9 Å². The molecule has 0 amide bonds. The average molecular weight is 911 g/mol. The predicted octanol–water partition coefficient (Wildman–Crippen LogP) is -7.90. The summed E-state index contributed by atoms with van der Waals surface area (Å²) in [5.74, 6) is -6.21. The Balaban J connectivity index is 1.29.